The third kappa shape index (κ3) is 4.18. The highest BCUT2D eigenvalue weighted by atomic mass is 16.3. The molecule has 0 aliphatic heterocycles. The van der Waals surface area contributed by atoms with Crippen molar-refractivity contribution in [2.24, 2.45) is 0 Å². The summed E-state index contributed by atoms with van der Waals surface area (Å²) in [5, 5.41) is 6.79. The maximum Gasteiger partial charge on any atom is 0.136 e. The zero-order valence-electron chi connectivity index (χ0n) is 15.0. The Morgan fingerprint density at radius 1 is 0.960 bits per heavy atom. The molecule has 130 valence electrons. The Morgan fingerprint density at radius 3 is 2.32 bits per heavy atom. The van der Waals surface area contributed by atoms with Gasteiger partial charge in [-0.1, -0.05) is 32.0 Å². The quantitative estimate of drug-likeness (QED) is 0.645. The van der Waals surface area contributed by atoms with E-state index in [1.807, 2.05) is 25.1 Å². The summed E-state index contributed by atoms with van der Waals surface area (Å²) < 4.78 is 5.35. The van der Waals surface area contributed by atoms with E-state index in [2.05, 4.69) is 52.6 Å². The van der Waals surface area contributed by atoms with E-state index in [0.29, 0.717) is 6.54 Å². The number of nitrogens with one attached hydrogen (secondary N) is 2. The molecule has 0 aliphatic carbocycles. The van der Waals surface area contributed by atoms with Crippen molar-refractivity contribution in [3.05, 3.63) is 65.4 Å². The van der Waals surface area contributed by atoms with Crippen molar-refractivity contribution in [2.75, 3.05) is 10.6 Å². The summed E-state index contributed by atoms with van der Waals surface area (Å²) in [6.07, 6.45) is 3.62. The second-order valence-corrected chi connectivity index (χ2v) is 5.90. The predicted molar refractivity (Wildman–Crippen MR) is 101 cm³/mol. The topological polar surface area (TPSA) is 63.0 Å². The highest BCUT2D eigenvalue weighted by Gasteiger charge is 2.09. The van der Waals surface area contributed by atoms with E-state index in [1.54, 1.807) is 6.26 Å². The molecular weight excluding hydrogens is 312 g/mol. The fraction of sp³-hybridized carbons (Fsp3) is 0.300. The Bertz CT molecular complexity index is 805. The number of benzene rings is 1. The van der Waals surface area contributed by atoms with Crippen molar-refractivity contribution >= 4 is 17.3 Å². The van der Waals surface area contributed by atoms with Crippen molar-refractivity contribution in [1.29, 1.82) is 0 Å². The molecule has 5 heteroatoms. The van der Waals surface area contributed by atoms with Crippen LogP contribution in [0.15, 0.2) is 47.1 Å². The maximum atomic E-state index is 5.35. The minimum absolute atomic E-state index is 0.592. The first-order chi connectivity index (χ1) is 12.2. The Kier molecular flexibility index (Phi) is 5.33. The van der Waals surface area contributed by atoms with Gasteiger partial charge in [0, 0.05) is 11.8 Å². The molecule has 0 saturated carbocycles. The molecule has 2 N–H and O–H groups in total. The molecule has 2 heterocycles. The molecule has 3 aromatic rings. The van der Waals surface area contributed by atoms with Crippen LogP contribution < -0.4 is 10.6 Å². The van der Waals surface area contributed by atoms with Gasteiger partial charge in [-0.3, -0.25) is 0 Å². The van der Waals surface area contributed by atoms with Crippen LogP contribution in [0.2, 0.25) is 0 Å². The molecule has 5 nitrogen and oxygen atoms in total. The lowest BCUT2D eigenvalue weighted by atomic mass is 10.0. The maximum absolute atomic E-state index is 5.35. The lowest BCUT2D eigenvalue weighted by Crippen LogP contribution is -2.06. The van der Waals surface area contributed by atoms with E-state index in [9.17, 15) is 0 Å². The van der Waals surface area contributed by atoms with Crippen LogP contribution in [0.5, 0.6) is 0 Å². The van der Waals surface area contributed by atoms with E-state index >= 15 is 0 Å². The van der Waals surface area contributed by atoms with Crippen LogP contribution in [0, 0.1) is 6.92 Å². The van der Waals surface area contributed by atoms with Crippen LogP contribution in [-0.2, 0) is 19.4 Å². The second-order valence-electron chi connectivity index (χ2n) is 5.90. The fourth-order valence-electron chi connectivity index (χ4n) is 2.84. The average molecular weight is 336 g/mol. The molecule has 0 spiro atoms. The van der Waals surface area contributed by atoms with E-state index in [4.69, 9.17) is 4.42 Å². The Balaban J connectivity index is 1.83. The molecule has 3 rings (SSSR count). The molecule has 2 aromatic heterocycles. The smallest absolute Gasteiger partial charge is 0.136 e. The van der Waals surface area contributed by atoms with Gasteiger partial charge in [0.25, 0.3) is 0 Å². The van der Waals surface area contributed by atoms with Crippen LogP contribution in [0.4, 0.5) is 17.3 Å². The fourth-order valence-corrected chi connectivity index (χ4v) is 2.84. The second kappa shape index (κ2) is 7.83. The number of furan rings is 1. The van der Waals surface area contributed by atoms with Crippen LogP contribution >= 0.6 is 0 Å². The van der Waals surface area contributed by atoms with Gasteiger partial charge in [-0.2, -0.15) is 0 Å². The first-order valence-corrected chi connectivity index (χ1v) is 8.69. The summed E-state index contributed by atoms with van der Waals surface area (Å²) in [6, 6.07) is 12.2. The molecule has 0 bridgehead atoms. The molecule has 0 aliphatic rings. The van der Waals surface area contributed by atoms with Crippen LogP contribution in [-0.4, -0.2) is 9.97 Å². The van der Waals surface area contributed by atoms with E-state index in [0.717, 1.165) is 41.7 Å². The number of aromatic nitrogens is 2. The molecule has 0 saturated heterocycles. The summed E-state index contributed by atoms with van der Waals surface area (Å²) in [5.74, 6) is 3.16. The summed E-state index contributed by atoms with van der Waals surface area (Å²) in [7, 11) is 0. The van der Waals surface area contributed by atoms with Gasteiger partial charge in [-0.25, -0.2) is 9.97 Å². The Hall–Kier alpha value is -2.82. The summed E-state index contributed by atoms with van der Waals surface area (Å²) >= 11 is 0. The van der Waals surface area contributed by atoms with Crippen molar-refractivity contribution in [3.63, 3.8) is 0 Å². The van der Waals surface area contributed by atoms with E-state index in [1.165, 1.54) is 11.1 Å². The van der Waals surface area contributed by atoms with Gasteiger partial charge in [0.15, 0.2) is 0 Å². The molecule has 25 heavy (non-hydrogen) atoms. The highest BCUT2D eigenvalue weighted by molar-refractivity contribution is 5.66. The normalized spacial score (nSPS) is 10.7. The molecule has 0 atom stereocenters. The first-order valence-electron chi connectivity index (χ1n) is 8.69. The van der Waals surface area contributed by atoms with E-state index in [-0.39, 0.29) is 0 Å². The predicted octanol–water partition coefficient (Wildman–Crippen LogP) is 4.86. The van der Waals surface area contributed by atoms with Crippen LogP contribution in [0.1, 0.15) is 36.6 Å². The lowest BCUT2D eigenvalue weighted by molar-refractivity contribution is 0.518. The molecule has 0 unspecified atom stereocenters. The average Bonchev–Trinajstić information content (AvgIpc) is 3.13. The van der Waals surface area contributed by atoms with Gasteiger partial charge in [0.05, 0.1) is 12.8 Å². The van der Waals surface area contributed by atoms with E-state index < -0.39 is 0 Å². The summed E-state index contributed by atoms with van der Waals surface area (Å²) in [6.45, 7) is 6.83. The standard InChI is InChI=1S/C20H24N4O/c1-4-15-8-6-9-16(5-2)20(15)24-19-12-18(22-14(3)23-19)21-13-17-10-7-11-25-17/h6-12H,4-5,13H2,1-3H3,(H2,21,22,23,24). The highest BCUT2D eigenvalue weighted by Crippen LogP contribution is 2.26. The van der Waals surface area contributed by atoms with Crippen molar-refractivity contribution in [3.8, 4) is 0 Å². The number of hydrogen-bond acceptors (Lipinski definition) is 5. The third-order valence-corrected chi connectivity index (χ3v) is 4.11. The molecule has 1 aromatic carbocycles. The molecule has 0 amide bonds. The van der Waals surface area contributed by atoms with Gasteiger partial charge in [0.2, 0.25) is 0 Å². The zero-order valence-corrected chi connectivity index (χ0v) is 15.0. The number of para-hydroxylation sites is 1. The first kappa shape index (κ1) is 17.0. The summed E-state index contributed by atoms with van der Waals surface area (Å²) in [5.41, 5.74) is 3.74. The number of hydrogen-bond donors (Lipinski definition) is 2. The Labute approximate surface area is 148 Å². The zero-order chi connectivity index (χ0) is 17.6. The van der Waals surface area contributed by atoms with Gasteiger partial charge in [-0.05, 0) is 43.0 Å². The third-order valence-electron chi connectivity index (χ3n) is 4.11. The molecule has 0 radical (unpaired) electrons. The number of anilines is 3. The lowest BCUT2D eigenvalue weighted by Gasteiger charge is -2.16. The van der Waals surface area contributed by atoms with Crippen molar-refractivity contribution < 1.29 is 4.42 Å². The number of nitrogens with zero attached hydrogens (tertiary/aromatic N) is 2. The minimum atomic E-state index is 0.592. The van der Waals surface area contributed by atoms with Crippen LogP contribution in [0.25, 0.3) is 0 Å². The molecule has 0 fully saturated rings. The minimum Gasteiger partial charge on any atom is -0.467 e. The Morgan fingerprint density at radius 2 is 1.68 bits per heavy atom. The summed E-state index contributed by atoms with van der Waals surface area (Å²) in [4.78, 5) is 9.00. The van der Waals surface area contributed by atoms with Gasteiger partial charge in [-0.15, -0.1) is 0 Å². The molecular formula is C20H24N4O. The monoisotopic (exact) mass is 336 g/mol. The van der Waals surface area contributed by atoms with Gasteiger partial charge < -0.3 is 15.1 Å². The van der Waals surface area contributed by atoms with Crippen LogP contribution in [0.3, 0.4) is 0 Å². The van der Waals surface area contributed by atoms with Gasteiger partial charge in [0.1, 0.15) is 23.2 Å². The largest absolute Gasteiger partial charge is 0.467 e. The van der Waals surface area contributed by atoms with Gasteiger partial charge >= 0.3 is 0 Å². The van der Waals surface area contributed by atoms with Crippen molar-refractivity contribution in [2.45, 2.75) is 40.2 Å². The number of rotatable bonds is 7. The number of aryl methyl sites for hydroxylation is 3. The SMILES string of the molecule is CCc1cccc(CC)c1Nc1cc(NCc2ccco2)nc(C)n1. The van der Waals surface area contributed by atoms with Crippen molar-refractivity contribution in [1.82, 2.24) is 9.97 Å².